The van der Waals surface area contributed by atoms with E-state index < -0.39 is 257 Å². The van der Waals surface area contributed by atoms with Gasteiger partial charge in [0.15, 0.2) is 37.7 Å². The van der Waals surface area contributed by atoms with Crippen LogP contribution in [0.25, 0.3) is 0 Å². The van der Waals surface area contributed by atoms with Crippen LogP contribution in [0.3, 0.4) is 0 Å². The minimum Gasteiger partial charge on any atom is -0.394 e. The van der Waals surface area contributed by atoms with Gasteiger partial charge in [0, 0.05) is 0 Å². The molecule has 4 saturated carbocycles. The minimum absolute atomic E-state index is 0.0229. The first-order valence-corrected chi connectivity index (χ1v) is 33.8. The van der Waals surface area contributed by atoms with Gasteiger partial charge in [-0.25, -0.2) is 0 Å². The lowest BCUT2D eigenvalue weighted by Gasteiger charge is -2.71. The van der Waals surface area contributed by atoms with Gasteiger partial charge < -0.3 is 159 Å². The molecule has 0 radical (unpaired) electrons. The van der Waals surface area contributed by atoms with Crippen molar-refractivity contribution in [1.29, 1.82) is 0 Å². The summed E-state index contributed by atoms with van der Waals surface area (Å²) in [5.74, 6) is -0.478. The Morgan fingerprint density at radius 3 is 1.54 bits per heavy atom. The Hall–Kier alpha value is -1.83. The predicted octanol–water partition coefficient (Wildman–Crippen LogP) is -6.49. The summed E-state index contributed by atoms with van der Waals surface area (Å²) in [6.45, 7) is 8.75. The quantitative estimate of drug-likeness (QED) is 0.0345. The molecular weight excluding hydrogens is 1280 g/mol. The van der Waals surface area contributed by atoms with Crippen LogP contribution in [0.2, 0.25) is 0 Å². The lowest BCUT2D eigenvalue weighted by molar-refractivity contribution is -0.392. The number of carbonyl (C=O) groups excluding carboxylic acids is 1. The molecule has 32 heteroatoms. The molecule has 0 amide bonds. The van der Waals surface area contributed by atoms with E-state index in [2.05, 4.69) is 40.7 Å². The molecule has 19 N–H and O–H groups in total. The van der Waals surface area contributed by atoms with Gasteiger partial charge in [0.2, 0.25) is 0 Å². The number of aldehydes is 1. The molecule has 0 aromatic heterocycles. The summed E-state index contributed by atoms with van der Waals surface area (Å²) >= 11 is 0. The lowest BCUT2D eigenvalue weighted by Crippen LogP contribution is -2.68. The van der Waals surface area contributed by atoms with E-state index in [4.69, 9.17) is 56.8 Å². The zero-order chi connectivity index (χ0) is 69.8. The van der Waals surface area contributed by atoms with E-state index in [-0.39, 0.29) is 30.3 Å². The van der Waals surface area contributed by atoms with E-state index in [1.165, 1.54) is 0 Å². The Kier molecular flexibility index (Phi) is 22.5. The maximum Gasteiger partial charge on any atom is 0.187 e. The number of fused-ring (bicyclic) bond motifs is 7. The van der Waals surface area contributed by atoms with Crippen molar-refractivity contribution in [2.45, 2.75) is 284 Å². The number of aliphatic hydroxyl groups excluding tert-OH is 19. The topological polar surface area (TPSA) is 512 Å². The first kappa shape index (κ1) is 75.3. The van der Waals surface area contributed by atoms with Crippen molar-refractivity contribution in [2.24, 2.45) is 50.2 Å². The average molecular weight is 1390 g/mol. The zero-order valence-corrected chi connectivity index (χ0v) is 54.8. The van der Waals surface area contributed by atoms with Crippen molar-refractivity contribution in [3.63, 3.8) is 0 Å². The molecule has 5 aliphatic carbocycles. The second-order valence-corrected chi connectivity index (χ2v) is 30.8. The van der Waals surface area contributed by atoms with Crippen molar-refractivity contribution in [2.75, 3.05) is 46.2 Å². The fourth-order valence-corrected chi connectivity index (χ4v) is 19.0. The molecule has 0 aromatic carbocycles. The van der Waals surface area contributed by atoms with Crippen LogP contribution in [0.5, 0.6) is 0 Å². The van der Waals surface area contributed by atoms with E-state index in [0.717, 1.165) is 11.9 Å². The normalized spacial score (nSPS) is 55.2. The third kappa shape index (κ3) is 12.9. The third-order valence-electron chi connectivity index (χ3n) is 25.1. The monoisotopic (exact) mass is 1380 g/mol. The zero-order valence-electron chi connectivity index (χ0n) is 54.8. The van der Waals surface area contributed by atoms with E-state index in [0.29, 0.717) is 51.4 Å². The van der Waals surface area contributed by atoms with Crippen molar-refractivity contribution in [3.05, 3.63) is 11.6 Å². The predicted molar refractivity (Wildman–Crippen MR) is 318 cm³/mol. The Balaban J connectivity index is 0.821. The van der Waals surface area contributed by atoms with Crippen molar-refractivity contribution < 1.29 is 159 Å². The van der Waals surface area contributed by atoms with Gasteiger partial charge in [0.05, 0.1) is 63.9 Å². The number of carbonyl (C=O) groups is 1. The maximum atomic E-state index is 13.7. The summed E-state index contributed by atoms with van der Waals surface area (Å²) < 4.78 is 72.8. The van der Waals surface area contributed by atoms with Crippen LogP contribution in [-0.4, -0.2) is 334 Å². The summed E-state index contributed by atoms with van der Waals surface area (Å²) in [5.41, 5.74) is -2.96. The summed E-state index contributed by atoms with van der Waals surface area (Å²) in [4.78, 5) is 13.7. The van der Waals surface area contributed by atoms with E-state index in [1.807, 2.05) is 6.92 Å². The Morgan fingerprint density at radius 2 is 0.979 bits per heavy atom. The lowest BCUT2D eigenvalue weighted by atomic mass is 9.33. The Bertz CT molecular complexity index is 2660. The molecule has 6 saturated heterocycles. The molecule has 552 valence electrons. The highest BCUT2D eigenvalue weighted by Crippen LogP contribution is 2.76. The highest BCUT2D eigenvalue weighted by Gasteiger charge is 2.71. The first-order valence-electron chi connectivity index (χ1n) is 33.8. The number of allylic oxidation sites excluding steroid dienone is 2. The molecule has 6 heterocycles. The Morgan fingerprint density at radius 1 is 0.479 bits per heavy atom. The summed E-state index contributed by atoms with van der Waals surface area (Å²) in [6.07, 6.45) is -41.6. The van der Waals surface area contributed by atoms with Crippen LogP contribution in [0.15, 0.2) is 11.6 Å². The van der Waals surface area contributed by atoms with Crippen LogP contribution in [0.4, 0.5) is 0 Å². The number of hydrogen-bond donors (Lipinski definition) is 19. The van der Waals surface area contributed by atoms with Crippen LogP contribution in [0, 0.1) is 50.2 Å². The molecule has 38 atom stereocenters. The first-order chi connectivity index (χ1) is 45.2. The highest BCUT2D eigenvalue weighted by atomic mass is 16.8. The number of ether oxygens (including phenoxy) is 12. The molecule has 11 rings (SSSR count). The smallest absolute Gasteiger partial charge is 0.187 e. The molecule has 38 unspecified atom stereocenters. The molecule has 0 spiro atoms. The fraction of sp³-hybridized carbons (Fsp3) is 0.953. The Labute approximate surface area is 555 Å². The van der Waals surface area contributed by atoms with Gasteiger partial charge in [0.25, 0.3) is 0 Å². The van der Waals surface area contributed by atoms with Crippen molar-refractivity contribution >= 4 is 6.29 Å². The largest absolute Gasteiger partial charge is 0.394 e. The number of aliphatic hydroxyl groups is 19. The van der Waals surface area contributed by atoms with Crippen LogP contribution < -0.4 is 0 Å². The highest BCUT2D eigenvalue weighted by molar-refractivity contribution is 5.64. The summed E-state index contributed by atoms with van der Waals surface area (Å²) in [7, 11) is 0. The number of rotatable bonds is 18. The van der Waals surface area contributed by atoms with Crippen LogP contribution in [-0.2, 0) is 61.6 Å². The molecular formula is C64H104O32. The average Bonchev–Trinajstić information content (AvgIpc) is 0.674. The van der Waals surface area contributed by atoms with Gasteiger partial charge in [-0.1, -0.05) is 53.2 Å². The summed E-state index contributed by atoms with van der Waals surface area (Å²) in [5, 5.41) is 206. The minimum atomic E-state index is -1.96. The third-order valence-corrected chi connectivity index (χ3v) is 25.1. The summed E-state index contributed by atoms with van der Waals surface area (Å²) in [6, 6.07) is 0. The van der Waals surface area contributed by atoms with Crippen LogP contribution >= 0.6 is 0 Å². The van der Waals surface area contributed by atoms with Gasteiger partial charge in [0.1, 0.15) is 141 Å². The fourth-order valence-electron chi connectivity index (χ4n) is 19.0. The second-order valence-electron chi connectivity index (χ2n) is 30.8. The van der Waals surface area contributed by atoms with Gasteiger partial charge in [-0.15, -0.1) is 0 Å². The van der Waals surface area contributed by atoms with Gasteiger partial charge in [-0.2, -0.15) is 0 Å². The van der Waals surface area contributed by atoms with E-state index in [9.17, 15) is 102 Å². The standard InChI is InChI=1S/C64H104O32/c1-59(2)33-9-12-62(5)34(8-7-25-26-15-60(3,13-14-64(26,23-69)35(71)16-63(25,62)6)24-87-57-51(45(80)40(75)30(19-67)90-57)96-55-49(84)44(79)39(74)29(18-66)89-55)61(33,4)11-10-36(59)93-56-50(95-54-48(83)43(78)38(73)28(17-65)88-54)42(77)32(22-86-56)92-58-52(46(81)41(76)31(20-68)91-58)94-53-47(82)37(72)27(70)21-85-53/h7,23,26-58,65-68,70-84H,8-22,24H2,1-6H3. The van der Waals surface area contributed by atoms with Crippen molar-refractivity contribution in [3.8, 4) is 0 Å². The van der Waals surface area contributed by atoms with Gasteiger partial charge in [-0.05, 0) is 103 Å². The molecule has 11 aliphatic rings. The molecule has 0 aromatic rings. The molecule has 32 nitrogen and oxygen atoms in total. The van der Waals surface area contributed by atoms with E-state index >= 15 is 0 Å². The van der Waals surface area contributed by atoms with Gasteiger partial charge in [-0.3, -0.25) is 0 Å². The SMILES string of the molecule is CC1(COC2OC(CO)C(O)C(O)C2OC2OC(CO)C(O)C(O)C2O)CCC2(C=O)C(O)CC3(C)C(=CCC4C5(C)CCC(OC6OCC(OC7OC(CO)C(O)C(O)C7OC7OCC(O)C(O)C7O)C(O)C6OC6OC(CO)C(O)C(O)C6O)C(C)(C)C5CCC43C)C2C1. The molecule has 0 bridgehead atoms. The maximum absolute atomic E-state index is 13.7. The second kappa shape index (κ2) is 28.7. The van der Waals surface area contributed by atoms with Gasteiger partial charge >= 0.3 is 0 Å². The van der Waals surface area contributed by atoms with Crippen molar-refractivity contribution in [1.82, 2.24) is 0 Å². The molecule has 6 aliphatic heterocycles. The molecule has 10 fully saturated rings. The van der Waals surface area contributed by atoms with Crippen LogP contribution in [0.1, 0.15) is 99.3 Å². The molecule has 96 heavy (non-hydrogen) atoms. The van der Waals surface area contributed by atoms with E-state index in [1.54, 1.807) is 0 Å². The number of hydrogen-bond acceptors (Lipinski definition) is 32.